The molecule has 2 rings (SSSR count). The SMILES string of the molecule is CCNC(=NCc1nnc(C)n1C)NCCc1ccc(C(C)(C)C)cc1. The van der Waals surface area contributed by atoms with Crippen LogP contribution in [0.15, 0.2) is 29.3 Å². The topological polar surface area (TPSA) is 67.1 Å². The van der Waals surface area contributed by atoms with Gasteiger partial charge in [-0.1, -0.05) is 45.0 Å². The van der Waals surface area contributed by atoms with Gasteiger partial charge in [0.25, 0.3) is 0 Å². The normalized spacial score (nSPS) is 12.3. The molecule has 0 saturated carbocycles. The predicted octanol–water partition coefficient (Wildman–Crippen LogP) is 2.72. The maximum absolute atomic E-state index is 4.61. The van der Waals surface area contributed by atoms with Gasteiger partial charge in [0.1, 0.15) is 12.4 Å². The zero-order valence-electron chi connectivity index (χ0n) is 16.9. The van der Waals surface area contributed by atoms with Crippen LogP contribution in [0, 0.1) is 6.92 Å². The van der Waals surface area contributed by atoms with Gasteiger partial charge in [-0.05, 0) is 36.8 Å². The minimum Gasteiger partial charge on any atom is -0.357 e. The highest BCUT2D eigenvalue weighted by atomic mass is 15.3. The standard InChI is InChI=1S/C20H32N6/c1-7-21-19(23-14-18-25-24-15(2)26(18)6)22-13-12-16-8-10-17(11-9-16)20(3,4)5/h8-11H,7,12-14H2,1-6H3,(H2,21,22,23). The highest BCUT2D eigenvalue weighted by Gasteiger charge is 2.12. The number of aliphatic imine (C=N–C) groups is 1. The lowest BCUT2D eigenvalue weighted by atomic mass is 9.86. The molecule has 0 spiro atoms. The van der Waals surface area contributed by atoms with Crippen LogP contribution >= 0.6 is 0 Å². The lowest BCUT2D eigenvalue weighted by molar-refractivity contribution is 0.590. The fourth-order valence-corrected chi connectivity index (χ4v) is 2.58. The molecule has 1 heterocycles. The van der Waals surface area contributed by atoms with E-state index in [1.165, 1.54) is 11.1 Å². The van der Waals surface area contributed by atoms with Crippen LogP contribution in [0.5, 0.6) is 0 Å². The van der Waals surface area contributed by atoms with Crippen molar-refractivity contribution in [1.82, 2.24) is 25.4 Å². The second-order valence-electron chi connectivity index (χ2n) is 7.54. The Balaban J connectivity index is 1.90. The molecule has 0 amide bonds. The summed E-state index contributed by atoms with van der Waals surface area (Å²) in [7, 11) is 1.96. The van der Waals surface area contributed by atoms with E-state index in [1.807, 2.05) is 18.5 Å². The zero-order valence-corrected chi connectivity index (χ0v) is 16.9. The molecule has 6 nitrogen and oxygen atoms in total. The molecule has 0 aliphatic rings. The summed E-state index contributed by atoms with van der Waals surface area (Å²) < 4.78 is 1.96. The second kappa shape index (κ2) is 8.83. The summed E-state index contributed by atoms with van der Waals surface area (Å²) in [6, 6.07) is 8.89. The lowest BCUT2D eigenvalue weighted by Gasteiger charge is -2.19. The van der Waals surface area contributed by atoms with Crippen LogP contribution < -0.4 is 10.6 Å². The van der Waals surface area contributed by atoms with Gasteiger partial charge in [0, 0.05) is 20.1 Å². The Hall–Kier alpha value is -2.37. The number of nitrogens with zero attached hydrogens (tertiary/aromatic N) is 4. The Labute approximate surface area is 157 Å². The van der Waals surface area contributed by atoms with Crippen molar-refractivity contribution in [3.05, 3.63) is 47.0 Å². The maximum atomic E-state index is 4.61. The molecule has 1 aromatic heterocycles. The molecule has 2 N–H and O–H groups in total. The number of guanidine groups is 1. The van der Waals surface area contributed by atoms with Crippen molar-refractivity contribution < 1.29 is 0 Å². The van der Waals surface area contributed by atoms with Crippen molar-refractivity contribution in [3.63, 3.8) is 0 Å². The van der Waals surface area contributed by atoms with E-state index in [4.69, 9.17) is 0 Å². The molecule has 0 aliphatic heterocycles. The Kier molecular flexibility index (Phi) is 6.77. The third-order valence-corrected chi connectivity index (χ3v) is 4.43. The minimum absolute atomic E-state index is 0.194. The summed E-state index contributed by atoms with van der Waals surface area (Å²) >= 11 is 0. The van der Waals surface area contributed by atoms with E-state index in [1.54, 1.807) is 0 Å². The van der Waals surface area contributed by atoms with Gasteiger partial charge < -0.3 is 15.2 Å². The molecule has 26 heavy (non-hydrogen) atoms. The third kappa shape index (κ3) is 5.58. The molecule has 0 saturated heterocycles. The average Bonchev–Trinajstić information content (AvgIpc) is 2.91. The molecule has 0 bridgehead atoms. The molecule has 0 unspecified atom stereocenters. The van der Waals surface area contributed by atoms with Gasteiger partial charge in [-0.15, -0.1) is 10.2 Å². The van der Waals surface area contributed by atoms with Gasteiger partial charge in [0.2, 0.25) is 0 Å². The molecule has 0 atom stereocenters. The van der Waals surface area contributed by atoms with Gasteiger partial charge in [-0.3, -0.25) is 0 Å². The van der Waals surface area contributed by atoms with Crippen molar-refractivity contribution in [2.24, 2.45) is 12.0 Å². The molecular weight excluding hydrogens is 324 g/mol. The Morgan fingerprint density at radius 2 is 1.81 bits per heavy atom. The van der Waals surface area contributed by atoms with Crippen LogP contribution in [0.25, 0.3) is 0 Å². The van der Waals surface area contributed by atoms with Crippen molar-refractivity contribution >= 4 is 5.96 Å². The van der Waals surface area contributed by atoms with Crippen LogP contribution in [-0.2, 0) is 25.4 Å². The number of rotatable bonds is 6. The summed E-state index contributed by atoms with van der Waals surface area (Å²) in [5, 5.41) is 14.9. The van der Waals surface area contributed by atoms with Crippen molar-refractivity contribution in [1.29, 1.82) is 0 Å². The molecule has 6 heteroatoms. The molecule has 0 fully saturated rings. The van der Waals surface area contributed by atoms with Crippen LogP contribution in [0.1, 0.15) is 50.5 Å². The van der Waals surface area contributed by atoms with E-state index in [0.717, 1.165) is 37.1 Å². The summed E-state index contributed by atoms with van der Waals surface area (Å²) in [5.41, 5.74) is 2.88. The largest absolute Gasteiger partial charge is 0.357 e. The first kappa shape index (κ1) is 19.9. The number of hydrogen-bond acceptors (Lipinski definition) is 3. The zero-order chi connectivity index (χ0) is 19.2. The maximum Gasteiger partial charge on any atom is 0.191 e. The van der Waals surface area contributed by atoms with E-state index in [2.05, 4.69) is 77.8 Å². The van der Waals surface area contributed by atoms with Gasteiger partial charge in [-0.25, -0.2) is 4.99 Å². The van der Waals surface area contributed by atoms with E-state index in [9.17, 15) is 0 Å². The van der Waals surface area contributed by atoms with Crippen molar-refractivity contribution in [2.75, 3.05) is 13.1 Å². The molecule has 1 aromatic carbocycles. The molecular formula is C20H32N6. The van der Waals surface area contributed by atoms with Crippen molar-refractivity contribution in [3.8, 4) is 0 Å². The Bertz CT molecular complexity index is 722. The summed E-state index contributed by atoms with van der Waals surface area (Å²) in [5.74, 6) is 2.56. The second-order valence-corrected chi connectivity index (χ2v) is 7.54. The van der Waals surface area contributed by atoms with Crippen molar-refractivity contribution in [2.45, 2.75) is 53.0 Å². The Morgan fingerprint density at radius 1 is 1.12 bits per heavy atom. The fraction of sp³-hybridized carbons (Fsp3) is 0.550. The highest BCUT2D eigenvalue weighted by Crippen LogP contribution is 2.22. The monoisotopic (exact) mass is 356 g/mol. The number of aromatic nitrogens is 3. The van der Waals surface area contributed by atoms with Gasteiger partial charge in [0.15, 0.2) is 11.8 Å². The first-order valence-electron chi connectivity index (χ1n) is 9.27. The molecule has 0 radical (unpaired) electrons. The predicted molar refractivity (Wildman–Crippen MR) is 107 cm³/mol. The Morgan fingerprint density at radius 3 is 2.35 bits per heavy atom. The summed E-state index contributed by atoms with van der Waals surface area (Å²) in [6.07, 6.45) is 0.956. The fourth-order valence-electron chi connectivity index (χ4n) is 2.58. The van der Waals surface area contributed by atoms with Crippen LogP contribution in [0.3, 0.4) is 0 Å². The number of hydrogen-bond donors (Lipinski definition) is 2. The number of aryl methyl sites for hydroxylation is 1. The number of nitrogens with one attached hydrogen (secondary N) is 2. The lowest BCUT2D eigenvalue weighted by Crippen LogP contribution is -2.38. The minimum atomic E-state index is 0.194. The molecule has 142 valence electrons. The quantitative estimate of drug-likeness (QED) is 0.617. The average molecular weight is 357 g/mol. The van der Waals surface area contributed by atoms with Gasteiger partial charge in [0.05, 0.1) is 0 Å². The van der Waals surface area contributed by atoms with Crippen LogP contribution in [-0.4, -0.2) is 33.8 Å². The first-order valence-corrected chi connectivity index (χ1v) is 9.27. The van der Waals surface area contributed by atoms with E-state index in [-0.39, 0.29) is 5.41 Å². The van der Waals surface area contributed by atoms with E-state index >= 15 is 0 Å². The van der Waals surface area contributed by atoms with Gasteiger partial charge >= 0.3 is 0 Å². The first-order chi connectivity index (χ1) is 12.3. The van der Waals surface area contributed by atoms with Gasteiger partial charge in [-0.2, -0.15) is 0 Å². The summed E-state index contributed by atoms with van der Waals surface area (Å²) in [6.45, 7) is 12.9. The summed E-state index contributed by atoms with van der Waals surface area (Å²) in [4.78, 5) is 4.61. The van der Waals surface area contributed by atoms with E-state index < -0.39 is 0 Å². The third-order valence-electron chi connectivity index (χ3n) is 4.43. The van der Waals surface area contributed by atoms with Crippen LogP contribution in [0.4, 0.5) is 0 Å². The highest BCUT2D eigenvalue weighted by molar-refractivity contribution is 5.79. The molecule has 0 aliphatic carbocycles. The van der Waals surface area contributed by atoms with Crippen LogP contribution in [0.2, 0.25) is 0 Å². The molecule has 2 aromatic rings. The van der Waals surface area contributed by atoms with E-state index in [0.29, 0.717) is 6.54 Å². The number of benzene rings is 1. The smallest absolute Gasteiger partial charge is 0.191 e.